The third-order valence-corrected chi connectivity index (χ3v) is 6.57. The molecule has 28 heavy (non-hydrogen) atoms. The van der Waals surface area contributed by atoms with Crippen molar-refractivity contribution in [3.8, 4) is 0 Å². The van der Waals surface area contributed by atoms with E-state index in [9.17, 15) is 9.59 Å². The van der Waals surface area contributed by atoms with Gasteiger partial charge in [-0.2, -0.15) is 0 Å². The zero-order valence-corrected chi connectivity index (χ0v) is 18.7. The second-order valence-electron chi connectivity index (χ2n) is 10.4. The van der Waals surface area contributed by atoms with Crippen LogP contribution >= 0.6 is 0 Å². The number of piperidine rings is 1. The molecule has 1 aliphatic heterocycles. The van der Waals surface area contributed by atoms with Crippen molar-refractivity contribution in [2.75, 3.05) is 0 Å². The van der Waals surface area contributed by atoms with Crippen LogP contribution in [0.5, 0.6) is 0 Å². The molecule has 1 aliphatic carbocycles. The lowest BCUT2D eigenvalue weighted by atomic mass is 9.77. The highest BCUT2D eigenvalue weighted by Crippen LogP contribution is 2.37. The Morgan fingerprint density at radius 2 is 1.18 bits per heavy atom. The maximum Gasteiger partial charge on any atom is 0.312 e. The fraction of sp³-hybridized carbons (Fsp3) is 0.913. The van der Waals surface area contributed by atoms with Crippen molar-refractivity contribution in [1.82, 2.24) is 10.2 Å². The van der Waals surface area contributed by atoms with E-state index < -0.39 is 22.9 Å². The number of nitrogens with zero attached hydrogens (tertiary/aromatic N) is 1. The van der Waals surface area contributed by atoms with Gasteiger partial charge in [-0.25, -0.2) is 0 Å². The Morgan fingerprint density at radius 1 is 0.786 bits per heavy atom. The summed E-state index contributed by atoms with van der Waals surface area (Å²) in [6.45, 7) is 8.09. The molecule has 2 amide bonds. The molecule has 2 fully saturated rings. The average Bonchev–Trinajstić information content (AvgIpc) is 2.54. The quantitative estimate of drug-likeness (QED) is 0.653. The van der Waals surface area contributed by atoms with Gasteiger partial charge in [-0.15, -0.1) is 0 Å². The largest absolute Gasteiger partial charge is 0.345 e. The van der Waals surface area contributed by atoms with Crippen LogP contribution in [0.15, 0.2) is 0 Å². The minimum atomic E-state index is -0.436. The molecule has 0 atom stereocenters. The average molecular weight is 394 g/mol. The summed E-state index contributed by atoms with van der Waals surface area (Å²) >= 11 is 0. The third-order valence-electron chi connectivity index (χ3n) is 6.57. The van der Waals surface area contributed by atoms with Gasteiger partial charge in [-0.3, -0.25) is 9.59 Å². The van der Waals surface area contributed by atoms with Crippen LogP contribution in [0, 0.1) is 0 Å². The minimum absolute atomic E-state index is 0.0587. The van der Waals surface area contributed by atoms with Crippen molar-refractivity contribution >= 4 is 11.8 Å². The van der Waals surface area contributed by atoms with Gasteiger partial charge in [-0.05, 0) is 53.4 Å². The van der Waals surface area contributed by atoms with Crippen LogP contribution < -0.4 is 11.1 Å². The summed E-state index contributed by atoms with van der Waals surface area (Å²) in [5.74, 6) is -0.832. The first-order valence-electron chi connectivity index (χ1n) is 11.5. The molecular formula is C23H43N3O2. The number of carbonyl (C=O) groups excluding carboxylic acids is 2. The maximum absolute atomic E-state index is 13.2. The van der Waals surface area contributed by atoms with E-state index in [0.717, 1.165) is 38.5 Å². The van der Waals surface area contributed by atoms with Crippen LogP contribution in [0.2, 0.25) is 0 Å². The molecule has 2 rings (SSSR count). The molecule has 1 heterocycles. The number of nitrogens with one attached hydrogen (secondary N) is 1. The van der Waals surface area contributed by atoms with Gasteiger partial charge in [0.15, 0.2) is 0 Å². The molecule has 0 radical (unpaired) electrons. The first kappa shape index (κ1) is 23.2. The number of hydrogen-bond donors (Lipinski definition) is 2. The summed E-state index contributed by atoms with van der Waals surface area (Å²) in [5.41, 5.74) is 5.39. The number of likely N-dealkylation sites (tertiary alicyclic amines) is 1. The Hall–Kier alpha value is -1.10. The van der Waals surface area contributed by atoms with E-state index in [0.29, 0.717) is 0 Å². The summed E-state index contributed by atoms with van der Waals surface area (Å²) in [6.07, 6.45) is 14.7. The van der Waals surface area contributed by atoms with Crippen LogP contribution in [0.25, 0.3) is 0 Å². The number of amides is 2. The molecule has 3 N–H and O–H groups in total. The molecule has 0 unspecified atom stereocenters. The van der Waals surface area contributed by atoms with E-state index in [2.05, 4.69) is 5.32 Å². The summed E-state index contributed by atoms with van der Waals surface area (Å²) < 4.78 is 0. The molecular weight excluding hydrogens is 350 g/mol. The van der Waals surface area contributed by atoms with E-state index in [4.69, 9.17) is 5.73 Å². The minimum Gasteiger partial charge on any atom is -0.345 e. The molecule has 2 aliphatic rings. The zero-order valence-electron chi connectivity index (χ0n) is 18.7. The number of nitrogens with two attached hydrogens (primary N) is 1. The van der Waals surface area contributed by atoms with Crippen molar-refractivity contribution in [2.45, 2.75) is 134 Å². The summed E-state index contributed by atoms with van der Waals surface area (Å²) in [4.78, 5) is 27.9. The van der Waals surface area contributed by atoms with E-state index in [1.165, 1.54) is 44.9 Å². The first-order valence-corrected chi connectivity index (χ1v) is 11.5. The topological polar surface area (TPSA) is 75.4 Å². The Balaban J connectivity index is 2.01. The number of rotatable bonds is 1. The van der Waals surface area contributed by atoms with Gasteiger partial charge in [0.25, 0.3) is 0 Å². The van der Waals surface area contributed by atoms with E-state index >= 15 is 0 Å². The third kappa shape index (κ3) is 6.47. The number of hydrogen-bond acceptors (Lipinski definition) is 3. The molecule has 1 saturated carbocycles. The normalized spacial score (nSPS) is 25.4. The van der Waals surface area contributed by atoms with E-state index in [1.807, 2.05) is 27.7 Å². The highest BCUT2D eigenvalue weighted by Gasteiger charge is 2.48. The molecule has 0 aromatic carbocycles. The van der Waals surface area contributed by atoms with Crippen LogP contribution in [0.4, 0.5) is 0 Å². The van der Waals surface area contributed by atoms with Gasteiger partial charge in [0.2, 0.25) is 0 Å². The fourth-order valence-corrected chi connectivity index (χ4v) is 5.56. The molecule has 162 valence electrons. The Labute approximate surface area is 172 Å². The first-order chi connectivity index (χ1) is 13.1. The highest BCUT2D eigenvalue weighted by atomic mass is 16.2. The molecule has 0 aromatic rings. The smallest absolute Gasteiger partial charge is 0.312 e. The lowest BCUT2D eigenvalue weighted by Gasteiger charge is -2.54. The van der Waals surface area contributed by atoms with Gasteiger partial charge in [-0.1, -0.05) is 57.8 Å². The molecule has 5 heteroatoms. The van der Waals surface area contributed by atoms with Crippen molar-refractivity contribution in [3.05, 3.63) is 0 Å². The van der Waals surface area contributed by atoms with Crippen LogP contribution in [-0.2, 0) is 9.59 Å². The zero-order chi connectivity index (χ0) is 20.8. The molecule has 1 saturated heterocycles. The van der Waals surface area contributed by atoms with Gasteiger partial charge in [0, 0.05) is 23.2 Å². The summed E-state index contributed by atoms with van der Waals surface area (Å²) in [5, 5.41) is 3.09. The predicted molar refractivity (Wildman–Crippen MR) is 115 cm³/mol. The molecule has 0 bridgehead atoms. The van der Waals surface area contributed by atoms with Gasteiger partial charge >= 0.3 is 11.8 Å². The van der Waals surface area contributed by atoms with Gasteiger partial charge in [0.05, 0.1) is 0 Å². The van der Waals surface area contributed by atoms with Crippen molar-refractivity contribution in [2.24, 2.45) is 5.73 Å². The highest BCUT2D eigenvalue weighted by molar-refractivity contribution is 6.35. The Bertz CT molecular complexity index is 500. The Morgan fingerprint density at radius 3 is 1.61 bits per heavy atom. The maximum atomic E-state index is 13.2. The van der Waals surface area contributed by atoms with E-state index in [1.54, 1.807) is 4.90 Å². The van der Waals surface area contributed by atoms with Crippen LogP contribution in [0.1, 0.15) is 111 Å². The molecule has 0 spiro atoms. The SMILES string of the molecule is CC1(C)CC(N)CC(C)(C)N1C(=O)C(=O)NC1CCCCCCCCCCC1. The standard InChI is InChI=1S/C23H43N3O2/c1-22(2)16-18(24)17-23(3,4)26(22)21(28)20(27)25-19-14-12-10-8-6-5-7-9-11-13-15-19/h18-19H,5-17,24H2,1-4H3,(H,25,27). The second kappa shape index (κ2) is 10.1. The van der Waals surface area contributed by atoms with Gasteiger partial charge < -0.3 is 16.0 Å². The van der Waals surface area contributed by atoms with Crippen LogP contribution in [-0.4, -0.2) is 39.9 Å². The van der Waals surface area contributed by atoms with Crippen LogP contribution in [0.3, 0.4) is 0 Å². The van der Waals surface area contributed by atoms with Crippen molar-refractivity contribution < 1.29 is 9.59 Å². The molecule has 0 aromatic heterocycles. The van der Waals surface area contributed by atoms with Crippen molar-refractivity contribution in [3.63, 3.8) is 0 Å². The molecule has 5 nitrogen and oxygen atoms in total. The second-order valence-corrected chi connectivity index (χ2v) is 10.4. The van der Waals surface area contributed by atoms with E-state index in [-0.39, 0.29) is 12.1 Å². The monoisotopic (exact) mass is 393 g/mol. The van der Waals surface area contributed by atoms with Gasteiger partial charge in [0.1, 0.15) is 0 Å². The lowest BCUT2D eigenvalue weighted by molar-refractivity contribution is -0.159. The number of carbonyl (C=O) groups is 2. The fourth-order valence-electron chi connectivity index (χ4n) is 5.56. The summed E-state index contributed by atoms with van der Waals surface area (Å²) in [7, 11) is 0. The lowest BCUT2D eigenvalue weighted by Crippen LogP contribution is -2.67. The Kier molecular flexibility index (Phi) is 8.35. The van der Waals surface area contributed by atoms with Crippen molar-refractivity contribution in [1.29, 1.82) is 0 Å². The summed E-state index contributed by atoms with van der Waals surface area (Å²) in [6, 6.07) is 0.178. The predicted octanol–water partition coefficient (Wildman–Crippen LogP) is 4.28.